The first-order chi connectivity index (χ1) is 7.63. The Morgan fingerprint density at radius 1 is 1.44 bits per heavy atom. The molecule has 0 bridgehead atoms. The predicted molar refractivity (Wildman–Crippen MR) is 66.1 cm³/mol. The molecule has 0 radical (unpaired) electrons. The second-order valence-corrected chi connectivity index (χ2v) is 3.94. The van der Waals surface area contributed by atoms with Gasteiger partial charge in [0.1, 0.15) is 0 Å². The zero-order valence-corrected chi connectivity index (χ0v) is 9.81. The molecule has 1 rings (SSSR count). The standard InChI is InChI=1S/C13H18N2O/c1-4-13(16)14-12(10-15(2)3)11-8-6-5-7-9-11/h4-9,12H,1,10H2,2-3H3,(H,14,16)/t12-/m0/s1. The quantitative estimate of drug-likeness (QED) is 0.761. The zero-order valence-electron chi connectivity index (χ0n) is 9.81. The van der Waals surface area contributed by atoms with Crippen LogP contribution in [0.3, 0.4) is 0 Å². The van der Waals surface area contributed by atoms with Crippen molar-refractivity contribution < 1.29 is 4.79 Å². The van der Waals surface area contributed by atoms with E-state index in [0.29, 0.717) is 0 Å². The van der Waals surface area contributed by atoms with Gasteiger partial charge in [-0.15, -0.1) is 0 Å². The molecule has 1 atom stereocenters. The Kier molecular flexibility index (Phi) is 4.73. The Morgan fingerprint density at radius 3 is 2.56 bits per heavy atom. The van der Waals surface area contributed by atoms with Crippen LogP contribution >= 0.6 is 0 Å². The lowest BCUT2D eigenvalue weighted by atomic mass is 10.1. The van der Waals surface area contributed by atoms with Crippen molar-refractivity contribution in [1.29, 1.82) is 0 Å². The number of likely N-dealkylation sites (N-methyl/N-ethyl adjacent to an activating group) is 1. The molecule has 0 unspecified atom stereocenters. The summed E-state index contributed by atoms with van der Waals surface area (Å²) in [5, 5.41) is 2.92. The zero-order chi connectivity index (χ0) is 12.0. The summed E-state index contributed by atoms with van der Waals surface area (Å²) in [5.41, 5.74) is 1.10. The summed E-state index contributed by atoms with van der Waals surface area (Å²) in [4.78, 5) is 13.4. The number of rotatable bonds is 5. The van der Waals surface area contributed by atoms with Gasteiger partial charge in [0.15, 0.2) is 0 Å². The van der Waals surface area contributed by atoms with E-state index in [0.717, 1.165) is 12.1 Å². The number of nitrogens with zero attached hydrogens (tertiary/aromatic N) is 1. The van der Waals surface area contributed by atoms with Gasteiger partial charge in [0.05, 0.1) is 6.04 Å². The van der Waals surface area contributed by atoms with Crippen LogP contribution in [0.5, 0.6) is 0 Å². The third-order valence-corrected chi connectivity index (χ3v) is 2.25. The van der Waals surface area contributed by atoms with Crippen LogP contribution in [0.25, 0.3) is 0 Å². The fourth-order valence-electron chi connectivity index (χ4n) is 1.52. The van der Waals surface area contributed by atoms with Crippen LogP contribution in [0.2, 0.25) is 0 Å². The van der Waals surface area contributed by atoms with Gasteiger partial charge in [-0.1, -0.05) is 36.9 Å². The summed E-state index contributed by atoms with van der Waals surface area (Å²) in [6.07, 6.45) is 1.30. The molecule has 0 saturated carbocycles. The second-order valence-electron chi connectivity index (χ2n) is 3.94. The lowest BCUT2D eigenvalue weighted by Crippen LogP contribution is -2.34. The first-order valence-corrected chi connectivity index (χ1v) is 5.26. The maximum atomic E-state index is 11.3. The molecule has 0 aliphatic rings. The molecule has 0 heterocycles. The molecule has 0 fully saturated rings. The van der Waals surface area contributed by atoms with Gasteiger partial charge in [-0.3, -0.25) is 4.79 Å². The summed E-state index contributed by atoms with van der Waals surface area (Å²) >= 11 is 0. The molecule has 0 aliphatic carbocycles. The van der Waals surface area contributed by atoms with E-state index >= 15 is 0 Å². The van der Waals surface area contributed by atoms with Crippen LogP contribution < -0.4 is 5.32 Å². The van der Waals surface area contributed by atoms with Crippen LogP contribution in [0.4, 0.5) is 0 Å². The summed E-state index contributed by atoms with van der Waals surface area (Å²) < 4.78 is 0. The SMILES string of the molecule is C=CC(=O)N[C@@H](CN(C)C)c1ccccc1. The van der Waals surface area contributed by atoms with Crippen LogP contribution in [0.1, 0.15) is 11.6 Å². The van der Waals surface area contributed by atoms with Crippen LogP contribution in [0.15, 0.2) is 43.0 Å². The number of benzene rings is 1. The molecule has 3 heteroatoms. The average Bonchev–Trinajstić information content (AvgIpc) is 2.28. The predicted octanol–water partition coefficient (Wildman–Crippen LogP) is 1.59. The Hall–Kier alpha value is -1.61. The Balaban J connectivity index is 2.79. The minimum atomic E-state index is -0.143. The molecule has 1 N–H and O–H groups in total. The van der Waals surface area contributed by atoms with E-state index < -0.39 is 0 Å². The van der Waals surface area contributed by atoms with Crippen LogP contribution in [0, 0.1) is 0 Å². The largest absolute Gasteiger partial charge is 0.344 e. The highest BCUT2D eigenvalue weighted by Crippen LogP contribution is 2.12. The number of carbonyl (C=O) groups excluding carboxylic acids is 1. The van der Waals surface area contributed by atoms with Crippen LogP contribution in [-0.4, -0.2) is 31.4 Å². The van der Waals surface area contributed by atoms with E-state index in [1.165, 1.54) is 6.08 Å². The Labute approximate surface area is 96.8 Å². The lowest BCUT2D eigenvalue weighted by Gasteiger charge is -2.22. The van der Waals surface area contributed by atoms with E-state index in [9.17, 15) is 4.79 Å². The van der Waals surface area contributed by atoms with Crippen molar-refractivity contribution >= 4 is 5.91 Å². The normalized spacial score (nSPS) is 12.2. The highest BCUT2D eigenvalue weighted by atomic mass is 16.1. The highest BCUT2D eigenvalue weighted by molar-refractivity contribution is 5.87. The number of hydrogen-bond acceptors (Lipinski definition) is 2. The van der Waals surface area contributed by atoms with Crippen molar-refractivity contribution in [2.45, 2.75) is 6.04 Å². The van der Waals surface area contributed by atoms with E-state index in [4.69, 9.17) is 0 Å². The molecule has 0 saturated heterocycles. The second kappa shape index (κ2) is 6.08. The molecular weight excluding hydrogens is 200 g/mol. The van der Waals surface area contributed by atoms with Gasteiger partial charge in [-0.05, 0) is 25.7 Å². The molecular formula is C13H18N2O. The summed E-state index contributed by atoms with van der Waals surface area (Å²) in [6, 6.07) is 9.93. The van der Waals surface area contributed by atoms with Gasteiger partial charge < -0.3 is 10.2 Å². The minimum absolute atomic E-state index is 0.00157. The van der Waals surface area contributed by atoms with Crippen molar-refractivity contribution in [3.8, 4) is 0 Å². The monoisotopic (exact) mass is 218 g/mol. The summed E-state index contributed by atoms with van der Waals surface area (Å²) in [5.74, 6) is -0.143. The number of amides is 1. The van der Waals surface area contributed by atoms with Crippen molar-refractivity contribution in [3.05, 3.63) is 48.6 Å². The van der Waals surface area contributed by atoms with Gasteiger partial charge in [-0.2, -0.15) is 0 Å². The van der Waals surface area contributed by atoms with Gasteiger partial charge in [0.25, 0.3) is 0 Å². The van der Waals surface area contributed by atoms with Crippen LogP contribution in [-0.2, 0) is 4.79 Å². The first-order valence-electron chi connectivity index (χ1n) is 5.26. The third-order valence-electron chi connectivity index (χ3n) is 2.25. The third kappa shape index (κ3) is 3.87. The molecule has 1 amide bonds. The van der Waals surface area contributed by atoms with Gasteiger partial charge in [-0.25, -0.2) is 0 Å². The number of hydrogen-bond donors (Lipinski definition) is 1. The van der Waals surface area contributed by atoms with Gasteiger partial charge in [0.2, 0.25) is 5.91 Å². The fourth-order valence-corrected chi connectivity index (χ4v) is 1.52. The molecule has 0 aliphatic heterocycles. The Morgan fingerprint density at radius 2 is 2.06 bits per heavy atom. The van der Waals surface area contributed by atoms with Gasteiger partial charge >= 0.3 is 0 Å². The van der Waals surface area contributed by atoms with E-state index in [-0.39, 0.29) is 11.9 Å². The summed E-state index contributed by atoms with van der Waals surface area (Å²) in [7, 11) is 3.96. The van der Waals surface area contributed by atoms with Crippen molar-refractivity contribution in [3.63, 3.8) is 0 Å². The maximum Gasteiger partial charge on any atom is 0.243 e. The first kappa shape index (κ1) is 12.5. The van der Waals surface area contributed by atoms with E-state index in [2.05, 4.69) is 11.9 Å². The molecule has 16 heavy (non-hydrogen) atoms. The highest BCUT2D eigenvalue weighted by Gasteiger charge is 2.13. The van der Waals surface area contributed by atoms with Crippen molar-refractivity contribution in [1.82, 2.24) is 10.2 Å². The molecule has 0 spiro atoms. The Bertz CT molecular complexity index is 346. The van der Waals surface area contributed by atoms with E-state index in [1.54, 1.807) is 0 Å². The number of carbonyl (C=O) groups is 1. The maximum absolute atomic E-state index is 11.3. The molecule has 86 valence electrons. The minimum Gasteiger partial charge on any atom is -0.344 e. The number of nitrogens with one attached hydrogen (secondary N) is 1. The molecule has 3 nitrogen and oxygen atoms in total. The summed E-state index contributed by atoms with van der Waals surface area (Å²) in [6.45, 7) is 4.23. The van der Waals surface area contributed by atoms with Crippen molar-refractivity contribution in [2.24, 2.45) is 0 Å². The average molecular weight is 218 g/mol. The molecule has 1 aromatic rings. The van der Waals surface area contributed by atoms with Crippen molar-refractivity contribution in [2.75, 3.05) is 20.6 Å². The topological polar surface area (TPSA) is 32.3 Å². The fraction of sp³-hybridized carbons (Fsp3) is 0.308. The smallest absolute Gasteiger partial charge is 0.243 e. The van der Waals surface area contributed by atoms with E-state index in [1.807, 2.05) is 49.3 Å². The van der Waals surface area contributed by atoms with Gasteiger partial charge in [0, 0.05) is 6.54 Å². The lowest BCUT2D eigenvalue weighted by molar-refractivity contribution is -0.117. The molecule has 1 aromatic carbocycles. The molecule has 0 aromatic heterocycles.